The Hall–Kier alpha value is -1.55. The maximum absolute atomic E-state index is 11.2. The number of benzene rings is 1. The molecule has 0 aliphatic heterocycles. The summed E-state index contributed by atoms with van der Waals surface area (Å²) >= 11 is 0. The molecule has 1 saturated carbocycles. The molecule has 2 N–H and O–H groups in total. The molecule has 0 radical (unpaired) electrons. The molecule has 1 aliphatic rings. The number of aliphatic hydroxyl groups excluding tert-OH is 1. The average molecular weight is 235 g/mol. The summed E-state index contributed by atoms with van der Waals surface area (Å²) < 4.78 is 5.86. The van der Waals surface area contributed by atoms with Crippen molar-refractivity contribution in [1.29, 1.82) is 0 Å². The number of hydrogen-bond acceptors (Lipinski definition) is 3. The van der Waals surface area contributed by atoms with Crippen LogP contribution < -0.4 is 10.1 Å². The van der Waals surface area contributed by atoms with E-state index in [0.717, 1.165) is 12.8 Å². The molecule has 0 heterocycles. The third kappa shape index (κ3) is 3.20. The monoisotopic (exact) mass is 235 g/mol. The highest BCUT2D eigenvalue weighted by molar-refractivity contribution is 5.92. The van der Waals surface area contributed by atoms with E-state index in [1.165, 1.54) is 12.8 Å². The van der Waals surface area contributed by atoms with Gasteiger partial charge in [0.2, 0.25) is 5.91 Å². The first-order chi connectivity index (χ1) is 8.29. The Morgan fingerprint density at radius 3 is 2.76 bits per heavy atom. The first-order valence-corrected chi connectivity index (χ1v) is 5.96. The quantitative estimate of drug-likeness (QED) is 0.838. The lowest BCUT2D eigenvalue weighted by molar-refractivity contribution is -0.118. The molecule has 1 amide bonds. The maximum atomic E-state index is 11.2. The van der Waals surface area contributed by atoms with Crippen LogP contribution in [0.3, 0.4) is 0 Å². The fourth-order valence-corrected chi connectivity index (χ4v) is 2.05. The normalized spacial score (nSPS) is 15.8. The van der Waals surface area contributed by atoms with Crippen LogP contribution in [0, 0.1) is 0 Å². The van der Waals surface area contributed by atoms with Gasteiger partial charge in [-0.1, -0.05) is 12.1 Å². The van der Waals surface area contributed by atoms with Crippen molar-refractivity contribution in [2.45, 2.75) is 31.8 Å². The number of carbonyl (C=O) groups excluding carboxylic acids is 1. The highest BCUT2D eigenvalue weighted by Gasteiger charge is 2.18. The van der Waals surface area contributed by atoms with Crippen LogP contribution in [0.1, 0.15) is 25.7 Å². The van der Waals surface area contributed by atoms with Crippen LogP contribution in [-0.2, 0) is 4.79 Å². The topological polar surface area (TPSA) is 58.6 Å². The van der Waals surface area contributed by atoms with Crippen molar-refractivity contribution in [3.05, 3.63) is 24.3 Å². The summed E-state index contributed by atoms with van der Waals surface area (Å²) in [4.78, 5) is 11.2. The van der Waals surface area contributed by atoms with E-state index in [2.05, 4.69) is 5.32 Å². The van der Waals surface area contributed by atoms with E-state index < -0.39 is 12.5 Å². The smallest absolute Gasteiger partial charge is 0.250 e. The Labute approximate surface area is 101 Å². The summed E-state index contributed by atoms with van der Waals surface area (Å²) in [7, 11) is 0. The molecule has 0 atom stereocenters. The number of nitrogens with one attached hydrogen (secondary N) is 1. The Morgan fingerprint density at radius 1 is 1.35 bits per heavy atom. The highest BCUT2D eigenvalue weighted by atomic mass is 16.5. The second kappa shape index (κ2) is 5.68. The first-order valence-electron chi connectivity index (χ1n) is 5.96. The molecular formula is C13H17NO3. The maximum Gasteiger partial charge on any atom is 0.250 e. The molecule has 4 heteroatoms. The minimum absolute atomic E-state index is 0.252. The van der Waals surface area contributed by atoms with Gasteiger partial charge < -0.3 is 15.2 Å². The number of ether oxygens (including phenoxy) is 1. The number of amides is 1. The lowest BCUT2D eigenvalue weighted by Crippen LogP contribution is -2.18. The summed E-state index contributed by atoms with van der Waals surface area (Å²) in [6.07, 6.45) is 4.80. The van der Waals surface area contributed by atoms with Crippen LogP contribution in [0.4, 0.5) is 5.69 Å². The zero-order valence-electron chi connectivity index (χ0n) is 9.69. The summed E-state index contributed by atoms with van der Waals surface area (Å²) in [6, 6.07) is 7.32. The summed E-state index contributed by atoms with van der Waals surface area (Å²) in [5, 5.41) is 11.3. The predicted octanol–water partition coefficient (Wildman–Crippen LogP) is 1.94. The second-order valence-corrected chi connectivity index (χ2v) is 4.23. The molecule has 1 aliphatic carbocycles. The molecule has 0 aromatic heterocycles. The standard InChI is InChI=1S/C13H17NO3/c15-9-13(16)14-11-7-3-4-8-12(11)17-10-5-1-2-6-10/h3-4,7-8,10,15H,1-2,5-6,9H2,(H,14,16). The van der Waals surface area contributed by atoms with E-state index in [4.69, 9.17) is 9.84 Å². The number of aliphatic hydroxyl groups is 1. The predicted molar refractivity (Wildman–Crippen MR) is 65.0 cm³/mol. The lowest BCUT2D eigenvalue weighted by Gasteiger charge is -2.16. The van der Waals surface area contributed by atoms with Gasteiger partial charge in [-0.05, 0) is 37.8 Å². The number of para-hydroxylation sites is 2. The molecule has 0 unspecified atom stereocenters. The van der Waals surface area contributed by atoms with Gasteiger partial charge in [0, 0.05) is 0 Å². The van der Waals surface area contributed by atoms with E-state index in [9.17, 15) is 4.79 Å². The molecule has 1 aromatic carbocycles. The van der Waals surface area contributed by atoms with Crippen LogP contribution in [0.15, 0.2) is 24.3 Å². The van der Waals surface area contributed by atoms with Crippen molar-refractivity contribution < 1.29 is 14.6 Å². The minimum atomic E-state index is -0.516. The van der Waals surface area contributed by atoms with Gasteiger partial charge in [-0.3, -0.25) is 4.79 Å². The van der Waals surface area contributed by atoms with Crippen LogP contribution in [0.25, 0.3) is 0 Å². The highest BCUT2D eigenvalue weighted by Crippen LogP contribution is 2.29. The van der Waals surface area contributed by atoms with Gasteiger partial charge in [-0.2, -0.15) is 0 Å². The number of rotatable bonds is 4. The molecule has 2 rings (SSSR count). The van der Waals surface area contributed by atoms with Crippen molar-refractivity contribution in [3.8, 4) is 5.75 Å². The Kier molecular flexibility index (Phi) is 3.98. The molecule has 0 bridgehead atoms. The van der Waals surface area contributed by atoms with Gasteiger partial charge in [0.15, 0.2) is 0 Å². The Balaban J connectivity index is 2.06. The van der Waals surface area contributed by atoms with Gasteiger partial charge >= 0.3 is 0 Å². The lowest BCUT2D eigenvalue weighted by atomic mass is 10.2. The van der Waals surface area contributed by atoms with E-state index >= 15 is 0 Å². The van der Waals surface area contributed by atoms with Crippen molar-refractivity contribution >= 4 is 11.6 Å². The molecule has 1 fully saturated rings. The van der Waals surface area contributed by atoms with Crippen molar-refractivity contribution in [3.63, 3.8) is 0 Å². The van der Waals surface area contributed by atoms with Crippen LogP contribution in [0.2, 0.25) is 0 Å². The van der Waals surface area contributed by atoms with E-state index in [1.807, 2.05) is 18.2 Å². The molecule has 0 saturated heterocycles. The van der Waals surface area contributed by atoms with Gasteiger partial charge in [-0.25, -0.2) is 0 Å². The van der Waals surface area contributed by atoms with Crippen LogP contribution in [0.5, 0.6) is 5.75 Å². The molecular weight excluding hydrogens is 218 g/mol. The van der Waals surface area contributed by atoms with Crippen molar-refractivity contribution in [1.82, 2.24) is 0 Å². The molecule has 17 heavy (non-hydrogen) atoms. The fourth-order valence-electron chi connectivity index (χ4n) is 2.05. The molecule has 92 valence electrons. The van der Waals surface area contributed by atoms with Crippen LogP contribution in [-0.4, -0.2) is 23.7 Å². The van der Waals surface area contributed by atoms with Crippen LogP contribution >= 0.6 is 0 Å². The number of hydrogen-bond donors (Lipinski definition) is 2. The van der Waals surface area contributed by atoms with Gasteiger partial charge in [-0.15, -0.1) is 0 Å². The van der Waals surface area contributed by atoms with Gasteiger partial charge in [0.25, 0.3) is 0 Å². The molecule has 1 aromatic rings. The average Bonchev–Trinajstić information content (AvgIpc) is 2.84. The summed E-state index contributed by atoms with van der Waals surface area (Å²) in [5.41, 5.74) is 0.624. The molecule has 0 spiro atoms. The molecule has 4 nitrogen and oxygen atoms in total. The van der Waals surface area contributed by atoms with Gasteiger partial charge in [0.05, 0.1) is 11.8 Å². The Morgan fingerprint density at radius 2 is 2.06 bits per heavy atom. The minimum Gasteiger partial charge on any atom is -0.488 e. The second-order valence-electron chi connectivity index (χ2n) is 4.23. The third-order valence-corrected chi connectivity index (χ3v) is 2.90. The zero-order chi connectivity index (χ0) is 12.1. The third-order valence-electron chi connectivity index (χ3n) is 2.90. The van der Waals surface area contributed by atoms with E-state index in [1.54, 1.807) is 6.07 Å². The van der Waals surface area contributed by atoms with E-state index in [0.29, 0.717) is 11.4 Å². The van der Waals surface area contributed by atoms with Gasteiger partial charge in [0.1, 0.15) is 12.4 Å². The van der Waals surface area contributed by atoms with Crippen molar-refractivity contribution in [2.75, 3.05) is 11.9 Å². The fraction of sp³-hybridized carbons (Fsp3) is 0.462. The number of anilines is 1. The summed E-state index contributed by atoms with van der Waals surface area (Å²) in [5.74, 6) is 0.258. The Bertz CT molecular complexity index is 386. The van der Waals surface area contributed by atoms with E-state index in [-0.39, 0.29) is 6.10 Å². The number of carbonyl (C=O) groups is 1. The zero-order valence-corrected chi connectivity index (χ0v) is 9.69. The first kappa shape index (κ1) is 11.9. The van der Waals surface area contributed by atoms with Crippen molar-refractivity contribution in [2.24, 2.45) is 0 Å². The largest absolute Gasteiger partial charge is 0.488 e. The summed E-state index contributed by atoms with van der Waals surface area (Å²) in [6.45, 7) is -0.516. The SMILES string of the molecule is O=C(CO)Nc1ccccc1OC1CCCC1.